The zero-order chi connectivity index (χ0) is 12.6. The third-order valence-electron chi connectivity index (χ3n) is 2.74. The van der Waals surface area contributed by atoms with Gasteiger partial charge in [0.2, 0.25) is 5.91 Å². The molecule has 0 aromatic rings. The zero-order valence-electron chi connectivity index (χ0n) is 10.9. The molecule has 0 fully saturated rings. The van der Waals surface area contributed by atoms with Crippen LogP contribution < -0.4 is 0 Å². The summed E-state index contributed by atoms with van der Waals surface area (Å²) in [7, 11) is 3.12. The molecule has 0 saturated heterocycles. The van der Waals surface area contributed by atoms with Crippen molar-refractivity contribution in [2.24, 2.45) is 11.8 Å². The maximum atomic E-state index is 11.9. The average molecular weight is 231 g/mol. The van der Waals surface area contributed by atoms with Crippen molar-refractivity contribution in [1.82, 2.24) is 5.06 Å². The van der Waals surface area contributed by atoms with Crippen LogP contribution in [0.25, 0.3) is 0 Å². The van der Waals surface area contributed by atoms with Crippen LogP contribution >= 0.6 is 0 Å². The summed E-state index contributed by atoms with van der Waals surface area (Å²) in [5.41, 5.74) is 0. The number of carbonyl (C=O) groups excluding carboxylic acids is 1. The van der Waals surface area contributed by atoms with E-state index in [0.717, 1.165) is 19.3 Å². The Kier molecular flexibility index (Phi) is 8.21. The summed E-state index contributed by atoms with van der Waals surface area (Å²) in [6.07, 6.45) is 3.30. The van der Waals surface area contributed by atoms with E-state index in [0.29, 0.717) is 12.3 Å². The lowest BCUT2D eigenvalue weighted by Crippen LogP contribution is -2.32. The minimum atomic E-state index is -0.0282. The Balaban J connectivity index is 4.22. The van der Waals surface area contributed by atoms with E-state index >= 15 is 0 Å². The zero-order valence-corrected chi connectivity index (χ0v) is 10.9. The summed E-state index contributed by atoms with van der Waals surface area (Å²) < 4.78 is 0. The van der Waals surface area contributed by atoms with Gasteiger partial charge in [0.25, 0.3) is 0 Å². The SMILES string of the molecule is CON(C)C(=O)C(CCCO)CCC(C)C. The van der Waals surface area contributed by atoms with Gasteiger partial charge >= 0.3 is 0 Å². The molecule has 0 aliphatic rings. The van der Waals surface area contributed by atoms with Crippen molar-refractivity contribution >= 4 is 5.91 Å². The predicted molar refractivity (Wildman–Crippen MR) is 63.7 cm³/mol. The number of aliphatic hydroxyl groups excluding tert-OH is 1. The van der Waals surface area contributed by atoms with Crippen LogP contribution in [0.3, 0.4) is 0 Å². The first kappa shape index (κ1) is 15.4. The van der Waals surface area contributed by atoms with Gasteiger partial charge in [0.05, 0.1) is 7.11 Å². The summed E-state index contributed by atoms with van der Waals surface area (Å²) in [4.78, 5) is 16.8. The standard InChI is InChI=1S/C12H25NO3/c1-10(2)7-8-11(6-5-9-14)12(15)13(3)16-4/h10-11,14H,5-9H2,1-4H3. The monoisotopic (exact) mass is 231 g/mol. The number of nitrogens with zero attached hydrogens (tertiary/aromatic N) is 1. The molecule has 0 aromatic carbocycles. The average Bonchev–Trinajstić information content (AvgIpc) is 2.27. The smallest absolute Gasteiger partial charge is 0.248 e. The number of aliphatic hydroxyl groups is 1. The second kappa shape index (κ2) is 8.53. The van der Waals surface area contributed by atoms with E-state index in [-0.39, 0.29) is 18.4 Å². The fourth-order valence-electron chi connectivity index (χ4n) is 1.61. The van der Waals surface area contributed by atoms with Crippen molar-refractivity contribution in [2.45, 2.75) is 39.5 Å². The molecular weight excluding hydrogens is 206 g/mol. The molecule has 0 heterocycles. The second-order valence-corrected chi connectivity index (χ2v) is 4.55. The molecule has 1 atom stereocenters. The van der Waals surface area contributed by atoms with E-state index in [2.05, 4.69) is 13.8 Å². The molecule has 4 heteroatoms. The van der Waals surface area contributed by atoms with Gasteiger partial charge in [0.15, 0.2) is 0 Å². The molecule has 0 aliphatic heterocycles. The van der Waals surface area contributed by atoms with E-state index in [4.69, 9.17) is 9.94 Å². The number of rotatable bonds is 8. The fraction of sp³-hybridized carbons (Fsp3) is 0.917. The lowest BCUT2D eigenvalue weighted by Gasteiger charge is -2.22. The van der Waals surface area contributed by atoms with Crippen LogP contribution in [0.15, 0.2) is 0 Å². The van der Waals surface area contributed by atoms with Gasteiger partial charge in [-0.2, -0.15) is 0 Å². The highest BCUT2D eigenvalue weighted by atomic mass is 16.7. The van der Waals surface area contributed by atoms with E-state index in [1.54, 1.807) is 7.05 Å². The van der Waals surface area contributed by atoms with Gasteiger partial charge in [-0.25, -0.2) is 5.06 Å². The van der Waals surface area contributed by atoms with Crippen LogP contribution in [0.1, 0.15) is 39.5 Å². The summed E-state index contributed by atoms with van der Waals surface area (Å²) in [5, 5.41) is 10.1. The van der Waals surface area contributed by atoms with Crippen molar-refractivity contribution < 1.29 is 14.7 Å². The van der Waals surface area contributed by atoms with Crippen LogP contribution in [0.2, 0.25) is 0 Å². The molecule has 0 rings (SSSR count). The highest BCUT2D eigenvalue weighted by Crippen LogP contribution is 2.19. The van der Waals surface area contributed by atoms with Gasteiger partial charge in [-0.05, 0) is 25.2 Å². The summed E-state index contributed by atoms with van der Waals surface area (Å²) in [5.74, 6) is 0.577. The summed E-state index contributed by atoms with van der Waals surface area (Å²) in [6, 6.07) is 0. The van der Waals surface area contributed by atoms with Gasteiger partial charge in [-0.15, -0.1) is 0 Å². The molecular formula is C12H25NO3. The lowest BCUT2D eigenvalue weighted by atomic mass is 9.93. The maximum Gasteiger partial charge on any atom is 0.248 e. The van der Waals surface area contributed by atoms with Gasteiger partial charge in [-0.3, -0.25) is 9.63 Å². The number of hydrogen-bond acceptors (Lipinski definition) is 3. The maximum absolute atomic E-state index is 11.9. The Morgan fingerprint density at radius 2 is 1.94 bits per heavy atom. The van der Waals surface area contributed by atoms with Crippen molar-refractivity contribution in [3.63, 3.8) is 0 Å². The first-order valence-corrected chi connectivity index (χ1v) is 5.95. The molecule has 1 unspecified atom stereocenters. The molecule has 16 heavy (non-hydrogen) atoms. The normalized spacial score (nSPS) is 12.9. The van der Waals surface area contributed by atoms with Crippen LogP contribution in [-0.2, 0) is 9.63 Å². The predicted octanol–water partition coefficient (Wildman–Crippen LogP) is 1.83. The molecule has 0 aromatic heterocycles. The van der Waals surface area contributed by atoms with Crippen LogP contribution in [0.4, 0.5) is 0 Å². The number of hydroxylamine groups is 2. The Bertz CT molecular complexity index is 195. The van der Waals surface area contributed by atoms with E-state index in [1.165, 1.54) is 12.2 Å². The molecule has 0 spiro atoms. The molecule has 0 bridgehead atoms. The fourth-order valence-corrected chi connectivity index (χ4v) is 1.61. The third-order valence-corrected chi connectivity index (χ3v) is 2.74. The van der Waals surface area contributed by atoms with Crippen LogP contribution in [-0.4, -0.2) is 36.8 Å². The number of hydrogen-bond donors (Lipinski definition) is 1. The van der Waals surface area contributed by atoms with Crippen LogP contribution in [0.5, 0.6) is 0 Å². The van der Waals surface area contributed by atoms with Crippen LogP contribution in [0, 0.1) is 11.8 Å². The Morgan fingerprint density at radius 1 is 1.31 bits per heavy atom. The summed E-state index contributed by atoms with van der Waals surface area (Å²) >= 11 is 0. The molecule has 1 N–H and O–H groups in total. The molecule has 0 aliphatic carbocycles. The lowest BCUT2D eigenvalue weighted by molar-refractivity contribution is -0.174. The Hall–Kier alpha value is -0.610. The molecule has 0 saturated carbocycles. The Labute approximate surface area is 98.5 Å². The van der Waals surface area contributed by atoms with Gasteiger partial charge in [-0.1, -0.05) is 20.3 Å². The first-order valence-electron chi connectivity index (χ1n) is 5.95. The van der Waals surface area contributed by atoms with Crippen molar-refractivity contribution in [3.8, 4) is 0 Å². The largest absolute Gasteiger partial charge is 0.396 e. The highest BCUT2D eigenvalue weighted by Gasteiger charge is 2.21. The van der Waals surface area contributed by atoms with Gasteiger partial charge in [0, 0.05) is 19.6 Å². The van der Waals surface area contributed by atoms with Gasteiger partial charge < -0.3 is 5.11 Å². The second-order valence-electron chi connectivity index (χ2n) is 4.55. The summed E-state index contributed by atoms with van der Waals surface area (Å²) in [6.45, 7) is 4.43. The van der Waals surface area contributed by atoms with Crippen molar-refractivity contribution in [2.75, 3.05) is 20.8 Å². The van der Waals surface area contributed by atoms with E-state index < -0.39 is 0 Å². The van der Waals surface area contributed by atoms with Crippen molar-refractivity contribution in [1.29, 1.82) is 0 Å². The highest BCUT2D eigenvalue weighted by molar-refractivity contribution is 5.77. The molecule has 96 valence electrons. The quantitative estimate of drug-likeness (QED) is 0.648. The molecule has 0 radical (unpaired) electrons. The number of amides is 1. The topological polar surface area (TPSA) is 49.8 Å². The number of carbonyl (C=O) groups is 1. The van der Waals surface area contributed by atoms with Crippen molar-refractivity contribution in [3.05, 3.63) is 0 Å². The Morgan fingerprint density at radius 3 is 2.38 bits per heavy atom. The van der Waals surface area contributed by atoms with E-state index in [1.807, 2.05) is 0 Å². The van der Waals surface area contributed by atoms with Gasteiger partial charge in [0.1, 0.15) is 0 Å². The van der Waals surface area contributed by atoms with E-state index in [9.17, 15) is 4.79 Å². The third kappa shape index (κ3) is 6.08. The first-order chi connectivity index (χ1) is 7.52. The molecule has 1 amide bonds. The minimum absolute atomic E-state index is 0.0107. The molecule has 4 nitrogen and oxygen atoms in total. The minimum Gasteiger partial charge on any atom is -0.396 e.